The van der Waals surface area contributed by atoms with Gasteiger partial charge in [-0.05, 0) is 42.7 Å². The van der Waals surface area contributed by atoms with Gasteiger partial charge in [0.1, 0.15) is 5.69 Å². The van der Waals surface area contributed by atoms with Crippen molar-refractivity contribution in [2.24, 2.45) is 0 Å². The molecule has 3 aromatic carbocycles. The van der Waals surface area contributed by atoms with Crippen molar-refractivity contribution in [3.8, 4) is 0 Å². The topological polar surface area (TPSA) is 42.2 Å². The van der Waals surface area contributed by atoms with Crippen molar-refractivity contribution in [2.75, 3.05) is 0 Å². The van der Waals surface area contributed by atoms with Gasteiger partial charge in [0.15, 0.2) is 0 Å². The Morgan fingerprint density at radius 2 is 1.62 bits per heavy atom. The van der Waals surface area contributed by atoms with Gasteiger partial charge in [0.2, 0.25) is 5.78 Å². The van der Waals surface area contributed by atoms with Gasteiger partial charge >= 0.3 is 0 Å². The van der Waals surface area contributed by atoms with Crippen LogP contribution in [0.5, 0.6) is 0 Å². The smallest absolute Gasteiger partial charge is 0.212 e. The Kier molecular flexibility index (Phi) is 4.05. The molecule has 26 heavy (non-hydrogen) atoms. The van der Waals surface area contributed by atoms with Crippen LogP contribution in [0, 0.1) is 6.92 Å². The molecule has 0 fully saturated rings. The molecule has 1 heterocycles. The number of ketones is 1. The SMILES string of the molecule is Cc1ccc(C(=O)c2cc3cc(Cc4ccccc4)ccc3n2O)cc1. The summed E-state index contributed by atoms with van der Waals surface area (Å²) >= 11 is 0. The van der Waals surface area contributed by atoms with E-state index in [2.05, 4.69) is 12.1 Å². The predicted octanol–water partition coefficient (Wildman–Crippen LogP) is 5.01. The number of rotatable bonds is 4. The first-order valence-electron chi connectivity index (χ1n) is 8.61. The molecule has 0 aliphatic heterocycles. The van der Waals surface area contributed by atoms with E-state index in [4.69, 9.17) is 0 Å². The molecule has 4 rings (SSSR count). The minimum absolute atomic E-state index is 0.187. The zero-order valence-electron chi connectivity index (χ0n) is 14.5. The molecule has 4 aromatic rings. The number of benzene rings is 3. The van der Waals surface area contributed by atoms with Crippen LogP contribution >= 0.6 is 0 Å². The summed E-state index contributed by atoms with van der Waals surface area (Å²) in [4.78, 5) is 12.7. The van der Waals surface area contributed by atoms with Gasteiger partial charge in [-0.2, -0.15) is 4.73 Å². The summed E-state index contributed by atoms with van der Waals surface area (Å²) in [5.74, 6) is -0.187. The van der Waals surface area contributed by atoms with Crippen LogP contribution in [0.1, 0.15) is 32.7 Å². The minimum atomic E-state index is -0.187. The van der Waals surface area contributed by atoms with Crippen LogP contribution in [0.15, 0.2) is 78.9 Å². The Morgan fingerprint density at radius 1 is 0.885 bits per heavy atom. The van der Waals surface area contributed by atoms with Crippen molar-refractivity contribution in [2.45, 2.75) is 13.3 Å². The Balaban J connectivity index is 1.70. The van der Waals surface area contributed by atoms with Crippen LogP contribution in [0.3, 0.4) is 0 Å². The quantitative estimate of drug-likeness (QED) is 0.419. The van der Waals surface area contributed by atoms with Crippen LogP contribution in [0.25, 0.3) is 10.9 Å². The van der Waals surface area contributed by atoms with E-state index in [-0.39, 0.29) is 11.5 Å². The van der Waals surface area contributed by atoms with Gasteiger partial charge in [0.05, 0.1) is 5.52 Å². The average molecular weight is 341 g/mol. The molecule has 0 aliphatic rings. The predicted molar refractivity (Wildman–Crippen MR) is 103 cm³/mol. The van der Waals surface area contributed by atoms with Gasteiger partial charge in [-0.3, -0.25) is 4.79 Å². The van der Waals surface area contributed by atoms with Crippen LogP contribution in [-0.2, 0) is 6.42 Å². The Labute approximate surface area is 152 Å². The Hall–Kier alpha value is -3.33. The Bertz CT molecular complexity index is 1080. The summed E-state index contributed by atoms with van der Waals surface area (Å²) < 4.78 is 0.990. The highest BCUT2D eigenvalue weighted by Crippen LogP contribution is 2.23. The van der Waals surface area contributed by atoms with E-state index in [1.165, 1.54) is 5.56 Å². The molecule has 128 valence electrons. The van der Waals surface area contributed by atoms with E-state index >= 15 is 0 Å². The average Bonchev–Trinajstić information content (AvgIpc) is 2.99. The number of nitrogens with zero attached hydrogens (tertiary/aromatic N) is 1. The Morgan fingerprint density at radius 3 is 2.35 bits per heavy atom. The number of hydrogen-bond donors (Lipinski definition) is 1. The van der Waals surface area contributed by atoms with Crippen molar-refractivity contribution in [3.63, 3.8) is 0 Å². The van der Waals surface area contributed by atoms with Crippen molar-refractivity contribution in [1.29, 1.82) is 0 Å². The fourth-order valence-electron chi connectivity index (χ4n) is 3.21. The zero-order chi connectivity index (χ0) is 18.1. The van der Waals surface area contributed by atoms with E-state index in [9.17, 15) is 10.0 Å². The highest BCUT2D eigenvalue weighted by Gasteiger charge is 2.17. The molecule has 1 aromatic heterocycles. The second-order valence-corrected chi connectivity index (χ2v) is 6.59. The van der Waals surface area contributed by atoms with Gasteiger partial charge < -0.3 is 5.21 Å². The number of aryl methyl sites for hydroxylation is 1. The fraction of sp³-hybridized carbons (Fsp3) is 0.0870. The van der Waals surface area contributed by atoms with Crippen molar-refractivity contribution in [3.05, 3.63) is 107 Å². The third kappa shape index (κ3) is 3.00. The maximum absolute atomic E-state index is 12.7. The van der Waals surface area contributed by atoms with Crippen LogP contribution < -0.4 is 0 Å². The molecule has 0 radical (unpaired) electrons. The van der Waals surface area contributed by atoms with Gasteiger partial charge in [-0.15, -0.1) is 0 Å². The lowest BCUT2D eigenvalue weighted by molar-refractivity contribution is 0.0991. The number of aromatic nitrogens is 1. The van der Waals surface area contributed by atoms with E-state index in [1.54, 1.807) is 18.2 Å². The molecule has 3 nitrogen and oxygen atoms in total. The highest BCUT2D eigenvalue weighted by atomic mass is 16.5. The fourth-order valence-corrected chi connectivity index (χ4v) is 3.21. The zero-order valence-corrected chi connectivity index (χ0v) is 14.5. The number of fused-ring (bicyclic) bond motifs is 1. The third-order valence-electron chi connectivity index (χ3n) is 4.64. The van der Waals surface area contributed by atoms with E-state index < -0.39 is 0 Å². The molecule has 0 amide bonds. The summed E-state index contributed by atoms with van der Waals surface area (Å²) in [5.41, 5.74) is 4.95. The molecule has 0 spiro atoms. The largest absolute Gasteiger partial charge is 0.428 e. The summed E-state index contributed by atoms with van der Waals surface area (Å²) in [6, 6.07) is 25.2. The highest BCUT2D eigenvalue weighted by molar-refractivity contribution is 6.10. The lowest BCUT2D eigenvalue weighted by atomic mass is 10.0. The summed E-state index contributed by atoms with van der Waals surface area (Å²) in [5, 5.41) is 11.3. The summed E-state index contributed by atoms with van der Waals surface area (Å²) in [6.07, 6.45) is 0.814. The van der Waals surface area contributed by atoms with Gasteiger partial charge in [0, 0.05) is 10.9 Å². The van der Waals surface area contributed by atoms with Crippen molar-refractivity contribution < 1.29 is 10.0 Å². The van der Waals surface area contributed by atoms with Gasteiger partial charge in [-0.1, -0.05) is 66.2 Å². The first-order chi connectivity index (χ1) is 12.6. The van der Waals surface area contributed by atoms with Gasteiger partial charge in [0.25, 0.3) is 0 Å². The number of carbonyl (C=O) groups is 1. The van der Waals surface area contributed by atoms with Crippen LogP contribution in [0.4, 0.5) is 0 Å². The van der Waals surface area contributed by atoms with Crippen LogP contribution in [0.2, 0.25) is 0 Å². The second kappa shape index (κ2) is 6.52. The van der Waals surface area contributed by atoms with E-state index in [0.717, 1.165) is 27.7 Å². The third-order valence-corrected chi connectivity index (χ3v) is 4.64. The van der Waals surface area contributed by atoms with E-state index in [0.29, 0.717) is 11.1 Å². The number of hydrogen-bond acceptors (Lipinski definition) is 2. The summed E-state index contributed by atoms with van der Waals surface area (Å²) in [7, 11) is 0. The standard InChI is InChI=1S/C23H19NO2/c1-16-7-10-19(11-8-16)23(25)22-15-20-14-18(9-12-21(20)24(22)26)13-17-5-3-2-4-6-17/h2-12,14-15,26H,13H2,1H3. The maximum atomic E-state index is 12.7. The molecule has 3 heteroatoms. The van der Waals surface area contributed by atoms with Crippen molar-refractivity contribution >= 4 is 16.7 Å². The molecule has 0 saturated carbocycles. The van der Waals surface area contributed by atoms with Crippen molar-refractivity contribution in [1.82, 2.24) is 4.73 Å². The molecular formula is C23H19NO2. The molecule has 0 saturated heterocycles. The first kappa shape index (κ1) is 16.2. The molecule has 0 atom stereocenters. The van der Waals surface area contributed by atoms with E-state index in [1.807, 2.05) is 55.5 Å². The second-order valence-electron chi connectivity index (χ2n) is 6.59. The molecule has 0 aliphatic carbocycles. The summed E-state index contributed by atoms with van der Waals surface area (Å²) in [6.45, 7) is 1.98. The molecule has 1 N–H and O–H groups in total. The molecule has 0 bridgehead atoms. The first-order valence-corrected chi connectivity index (χ1v) is 8.61. The van der Waals surface area contributed by atoms with Gasteiger partial charge in [-0.25, -0.2) is 0 Å². The molecular weight excluding hydrogens is 322 g/mol. The lowest BCUT2D eigenvalue weighted by Crippen LogP contribution is -2.07. The lowest BCUT2D eigenvalue weighted by Gasteiger charge is -2.04. The normalized spacial score (nSPS) is 11.0. The number of carbonyl (C=O) groups excluding carboxylic acids is 1. The maximum Gasteiger partial charge on any atom is 0.212 e. The monoisotopic (exact) mass is 341 g/mol. The minimum Gasteiger partial charge on any atom is -0.428 e. The van der Waals surface area contributed by atoms with Crippen LogP contribution in [-0.4, -0.2) is 15.7 Å². The molecule has 0 unspecified atom stereocenters.